The molecule has 3 rings (SSSR count). The van der Waals surface area contributed by atoms with Crippen LogP contribution in [0.5, 0.6) is 5.75 Å². The Bertz CT molecular complexity index is 530. The van der Waals surface area contributed by atoms with E-state index in [9.17, 15) is 0 Å². The lowest BCUT2D eigenvalue weighted by Crippen LogP contribution is -2.12. The van der Waals surface area contributed by atoms with Gasteiger partial charge in [-0.3, -0.25) is 0 Å². The minimum absolute atomic E-state index is 0.482. The van der Waals surface area contributed by atoms with Gasteiger partial charge in [0.2, 0.25) is 0 Å². The van der Waals surface area contributed by atoms with Crippen LogP contribution in [0.15, 0.2) is 18.2 Å². The van der Waals surface area contributed by atoms with Crippen molar-refractivity contribution in [3.63, 3.8) is 0 Å². The van der Waals surface area contributed by atoms with E-state index in [1.165, 1.54) is 28.6 Å². The summed E-state index contributed by atoms with van der Waals surface area (Å²) in [5, 5.41) is 4.67. The molecule has 0 aliphatic heterocycles. The summed E-state index contributed by atoms with van der Waals surface area (Å²) in [7, 11) is 3.74. The molecule has 0 fully saturated rings. The summed E-state index contributed by atoms with van der Waals surface area (Å²) >= 11 is 0. The molecule has 1 atom stereocenters. The molecule has 84 valence electrons. The van der Waals surface area contributed by atoms with Crippen LogP contribution in [0.1, 0.15) is 23.7 Å². The van der Waals surface area contributed by atoms with Crippen molar-refractivity contribution < 1.29 is 4.74 Å². The Balaban J connectivity index is 2.23. The zero-order valence-corrected chi connectivity index (χ0v) is 9.63. The molecule has 0 bridgehead atoms. The normalized spacial score (nSPS) is 19.0. The summed E-state index contributed by atoms with van der Waals surface area (Å²) in [4.78, 5) is 3.50. The fourth-order valence-corrected chi connectivity index (χ4v) is 2.69. The SMILES string of the molecule is CNC1CCc2[nH]c3ccc(OC)cc3c21. The first-order valence-corrected chi connectivity index (χ1v) is 5.69. The number of fused-ring (bicyclic) bond motifs is 3. The van der Waals surface area contributed by atoms with E-state index in [0.717, 1.165) is 12.2 Å². The number of aromatic amines is 1. The van der Waals surface area contributed by atoms with Crippen molar-refractivity contribution in [2.75, 3.05) is 14.2 Å². The van der Waals surface area contributed by atoms with Gasteiger partial charge in [-0.15, -0.1) is 0 Å². The van der Waals surface area contributed by atoms with Gasteiger partial charge in [0, 0.05) is 22.6 Å². The van der Waals surface area contributed by atoms with Crippen LogP contribution in [0, 0.1) is 0 Å². The second kappa shape index (κ2) is 3.52. The fourth-order valence-electron chi connectivity index (χ4n) is 2.69. The number of hydrogen-bond acceptors (Lipinski definition) is 2. The number of aryl methyl sites for hydroxylation is 1. The topological polar surface area (TPSA) is 37.0 Å². The highest BCUT2D eigenvalue weighted by atomic mass is 16.5. The predicted octanol–water partition coefficient (Wildman–Crippen LogP) is 2.38. The molecule has 1 aliphatic carbocycles. The molecule has 3 nitrogen and oxygen atoms in total. The molecule has 2 aromatic rings. The van der Waals surface area contributed by atoms with Crippen molar-refractivity contribution in [3.05, 3.63) is 29.5 Å². The predicted molar refractivity (Wildman–Crippen MR) is 65.0 cm³/mol. The summed E-state index contributed by atoms with van der Waals surface area (Å²) < 4.78 is 5.29. The molecule has 1 aromatic carbocycles. The van der Waals surface area contributed by atoms with Gasteiger partial charge in [-0.25, -0.2) is 0 Å². The van der Waals surface area contributed by atoms with Crippen LogP contribution >= 0.6 is 0 Å². The second-order valence-electron chi connectivity index (χ2n) is 4.31. The Labute approximate surface area is 94.8 Å². The Morgan fingerprint density at radius 1 is 1.44 bits per heavy atom. The number of benzene rings is 1. The molecule has 16 heavy (non-hydrogen) atoms. The number of ether oxygens (including phenoxy) is 1. The summed E-state index contributed by atoms with van der Waals surface area (Å²) in [6.45, 7) is 0. The first-order chi connectivity index (χ1) is 7.83. The minimum atomic E-state index is 0.482. The molecule has 1 aliphatic rings. The van der Waals surface area contributed by atoms with Gasteiger partial charge in [-0.2, -0.15) is 0 Å². The van der Waals surface area contributed by atoms with E-state index in [0.29, 0.717) is 6.04 Å². The summed E-state index contributed by atoms with van der Waals surface area (Å²) in [5.74, 6) is 0.927. The molecule has 2 N–H and O–H groups in total. The van der Waals surface area contributed by atoms with Crippen LogP contribution in [-0.4, -0.2) is 19.1 Å². The van der Waals surface area contributed by atoms with Crippen molar-refractivity contribution in [1.29, 1.82) is 0 Å². The average Bonchev–Trinajstić information content (AvgIpc) is 2.86. The van der Waals surface area contributed by atoms with Crippen LogP contribution in [0.3, 0.4) is 0 Å². The van der Waals surface area contributed by atoms with Gasteiger partial charge in [0.25, 0.3) is 0 Å². The van der Waals surface area contributed by atoms with Gasteiger partial charge in [0.05, 0.1) is 7.11 Å². The molecule has 0 spiro atoms. The van der Waals surface area contributed by atoms with Crippen molar-refractivity contribution in [2.45, 2.75) is 18.9 Å². The third-order valence-electron chi connectivity index (χ3n) is 3.51. The largest absolute Gasteiger partial charge is 0.497 e. The number of methoxy groups -OCH3 is 1. The van der Waals surface area contributed by atoms with Crippen LogP contribution in [-0.2, 0) is 6.42 Å². The van der Waals surface area contributed by atoms with Crippen molar-refractivity contribution >= 4 is 10.9 Å². The molecule has 0 saturated carbocycles. The van der Waals surface area contributed by atoms with E-state index < -0.39 is 0 Å². The van der Waals surface area contributed by atoms with Crippen molar-refractivity contribution in [3.8, 4) is 5.75 Å². The molecule has 1 aromatic heterocycles. The smallest absolute Gasteiger partial charge is 0.119 e. The first kappa shape index (κ1) is 9.73. The van der Waals surface area contributed by atoms with Crippen LogP contribution < -0.4 is 10.1 Å². The zero-order chi connectivity index (χ0) is 11.1. The van der Waals surface area contributed by atoms with E-state index in [-0.39, 0.29) is 0 Å². The van der Waals surface area contributed by atoms with Gasteiger partial charge < -0.3 is 15.0 Å². The molecular weight excluding hydrogens is 200 g/mol. The van der Waals surface area contributed by atoms with E-state index in [2.05, 4.69) is 22.4 Å². The quantitative estimate of drug-likeness (QED) is 0.808. The first-order valence-electron chi connectivity index (χ1n) is 5.69. The van der Waals surface area contributed by atoms with Crippen LogP contribution in [0.2, 0.25) is 0 Å². The molecule has 0 amide bonds. The maximum absolute atomic E-state index is 5.29. The highest BCUT2D eigenvalue weighted by Crippen LogP contribution is 2.37. The number of rotatable bonds is 2. The number of H-pyrrole nitrogens is 1. The number of nitrogens with one attached hydrogen (secondary N) is 2. The minimum Gasteiger partial charge on any atom is -0.497 e. The summed E-state index contributed by atoms with van der Waals surface area (Å²) in [6.07, 6.45) is 2.32. The third-order valence-corrected chi connectivity index (χ3v) is 3.51. The van der Waals surface area contributed by atoms with E-state index in [1.54, 1.807) is 7.11 Å². The van der Waals surface area contributed by atoms with E-state index in [1.807, 2.05) is 13.1 Å². The number of aromatic nitrogens is 1. The lowest BCUT2D eigenvalue weighted by atomic mass is 10.1. The molecule has 0 radical (unpaired) electrons. The van der Waals surface area contributed by atoms with E-state index >= 15 is 0 Å². The Hall–Kier alpha value is -1.48. The van der Waals surface area contributed by atoms with Gasteiger partial charge in [0.1, 0.15) is 5.75 Å². The maximum atomic E-state index is 5.29. The Morgan fingerprint density at radius 3 is 3.06 bits per heavy atom. The van der Waals surface area contributed by atoms with Gasteiger partial charge in [0.15, 0.2) is 0 Å². The Kier molecular flexibility index (Phi) is 2.14. The molecule has 1 heterocycles. The van der Waals surface area contributed by atoms with Crippen LogP contribution in [0.4, 0.5) is 0 Å². The lowest BCUT2D eigenvalue weighted by molar-refractivity contribution is 0.415. The zero-order valence-electron chi connectivity index (χ0n) is 9.63. The van der Waals surface area contributed by atoms with E-state index in [4.69, 9.17) is 4.74 Å². The Morgan fingerprint density at radius 2 is 2.31 bits per heavy atom. The highest BCUT2D eigenvalue weighted by molar-refractivity contribution is 5.87. The average molecular weight is 216 g/mol. The van der Waals surface area contributed by atoms with Crippen molar-refractivity contribution in [1.82, 2.24) is 10.3 Å². The molecular formula is C13H16N2O. The molecule has 1 unspecified atom stereocenters. The summed E-state index contributed by atoms with van der Waals surface area (Å²) in [5.41, 5.74) is 4.02. The molecule has 0 saturated heterocycles. The second-order valence-corrected chi connectivity index (χ2v) is 4.31. The van der Waals surface area contributed by atoms with Gasteiger partial charge in [-0.05, 0) is 43.7 Å². The maximum Gasteiger partial charge on any atom is 0.119 e. The van der Waals surface area contributed by atoms with Crippen molar-refractivity contribution in [2.24, 2.45) is 0 Å². The summed E-state index contributed by atoms with van der Waals surface area (Å²) in [6, 6.07) is 6.71. The van der Waals surface area contributed by atoms with Gasteiger partial charge in [-0.1, -0.05) is 0 Å². The lowest BCUT2D eigenvalue weighted by Gasteiger charge is -2.09. The molecule has 3 heteroatoms. The third kappa shape index (κ3) is 1.25. The fraction of sp³-hybridized carbons (Fsp3) is 0.385. The van der Waals surface area contributed by atoms with Crippen LogP contribution in [0.25, 0.3) is 10.9 Å². The monoisotopic (exact) mass is 216 g/mol. The standard InChI is InChI=1S/C13H16N2O/c1-14-11-5-6-12-13(11)9-7-8(16-2)3-4-10(9)15-12/h3-4,7,11,14-15H,5-6H2,1-2H3. The number of hydrogen-bond donors (Lipinski definition) is 2. The van der Waals surface area contributed by atoms with Gasteiger partial charge >= 0.3 is 0 Å². The highest BCUT2D eigenvalue weighted by Gasteiger charge is 2.25.